The van der Waals surface area contributed by atoms with E-state index in [2.05, 4.69) is 20.3 Å². The van der Waals surface area contributed by atoms with Crippen LogP contribution >= 0.6 is 0 Å². The molecule has 1 unspecified atom stereocenters. The lowest BCUT2D eigenvalue weighted by Gasteiger charge is -2.34. The molecule has 3 heterocycles. The zero-order chi connectivity index (χ0) is 21.4. The van der Waals surface area contributed by atoms with Gasteiger partial charge >= 0.3 is 0 Å². The fourth-order valence-corrected chi connectivity index (χ4v) is 4.13. The summed E-state index contributed by atoms with van der Waals surface area (Å²) in [5.41, 5.74) is 9.62. The summed E-state index contributed by atoms with van der Waals surface area (Å²) >= 11 is 0. The molecule has 0 radical (unpaired) electrons. The number of hydrogen-bond donors (Lipinski definition) is 3. The second-order valence-corrected chi connectivity index (χ2v) is 8.33. The number of benzene rings is 1. The molecule has 1 saturated heterocycles. The van der Waals surface area contributed by atoms with E-state index in [1.54, 1.807) is 24.5 Å². The molecule has 5 rings (SSSR count). The molecule has 1 saturated carbocycles. The summed E-state index contributed by atoms with van der Waals surface area (Å²) < 4.78 is 14.7. The number of rotatable bonds is 5. The Bertz CT molecular complexity index is 1110. The van der Waals surface area contributed by atoms with Crippen LogP contribution in [0.2, 0.25) is 0 Å². The van der Waals surface area contributed by atoms with Crippen LogP contribution in [0.1, 0.15) is 47.9 Å². The molecule has 2 fully saturated rings. The summed E-state index contributed by atoms with van der Waals surface area (Å²) in [6.07, 6.45) is 7.57. The van der Waals surface area contributed by atoms with Crippen molar-refractivity contribution in [2.75, 3.05) is 23.3 Å². The molecule has 3 aromatic rings. The first-order valence-electron chi connectivity index (χ1n) is 10.7. The van der Waals surface area contributed by atoms with Crippen molar-refractivity contribution < 1.29 is 9.18 Å². The Kier molecular flexibility index (Phi) is 5.15. The second kappa shape index (κ2) is 8.11. The smallest absolute Gasteiger partial charge is 0.291 e. The van der Waals surface area contributed by atoms with E-state index in [1.807, 2.05) is 17.0 Å². The van der Waals surface area contributed by atoms with Crippen LogP contribution in [0.5, 0.6) is 0 Å². The molecule has 7 nitrogen and oxygen atoms in total. The number of halogens is 1. The predicted molar refractivity (Wildman–Crippen MR) is 118 cm³/mol. The molecule has 2 aliphatic rings. The van der Waals surface area contributed by atoms with E-state index in [1.165, 1.54) is 18.9 Å². The van der Waals surface area contributed by atoms with Crippen molar-refractivity contribution in [1.29, 1.82) is 0 Å². The van der Waals surface area contributed by atoms with Crippen LogP contribution in [0.15, 0.2) is 42.7 Å². The number of nitrogens with two attached hydrogens (primary N) is 1. The maximum atomic E-state index is 14.7. The predicted octanol–water partition coefficient (Wildman–Crippen LogP) is 3.67. The van der Waals surface area contributed by atoms with Crippen molar-refractivity contribution in [2.24, 2.45) is 5.73 Å². The molecule has 0 spiro atoms. The molecule has 8 heteroatoms. The van der Waals surface area contributed by atoms with E-state index in [-0.39, 0.29) is 17.7 Å². The first kappa shape index (κ1) is 19.7. The van der Waals surface area contributed by atoms with Gasteiger partial charge < -0.3 is 20.9 Å². The summed E-state index contributed by atoms with van der Waals surface area (Å²) in [5.74, 6) is -0.0856. The number of para-hydroxylation sites is 1. The van der Waals surface area contributed by atoms with Gasteiger partial charge in [-0.3, -0.25) is 9.78 Å². The van der Waals surface area contributed by atoms with Gasteiger partial charge in [-0.1, -0.05) is 6.07 Å². The van der Waals surface area contributed by atoms with Crippen molar-refractivity contribution >= 4 is 17.3 Å². The number of anilines is 2. The van der Waals surface area contributed by atoms with Crippen molar-refractivity contribution in [3.63, 3.8) is 0 Å². The lowest BCUT2D eigenvalue weighted by molar-refractivity contribution is 0.101. The largest absolute Gasteiger partial charge is 0.366 e. The molecule has 1 aliphatic heterocycles. The minimum atomic E-state index is -0.420. The number of pyridine rings is 1. The Morgan fingerprint density at radius 3 is 2.90 bits per heavy atom. The number of nitrogens with zero attached hydrogens (tertiary/aromatic N) is 3. The van der Waals surface area contributed by atoms with Crippen LogP contribution in [-0.4, -0.2) is 40.0 Å². The number of piperidine rings is 1. The van der Waals surface area contributed by atoms with E-state index in [0.717, 1.165) is 29.8 Å². The highest BCUT2D eigenvalue weighted by Crippen LogP contribution is 2.39. The number of aromatic nitrogens is 3. The van der Waals surface area contributed by atoms with E-state index in [0.29, 0.717) is 30.4 Å². The summed E-state index contributed by atoms with van der Waals surface area (Å²) in [5, 5.41) is 2.82. The van der Waals surface area contributed by atoms with Gasteiger partial charge in [-0.15, -0.1) is 0 Å². The molecule has 0 bridgehead atoms. The molecule has 1 atom stereocenters. The third-order valence-corrected chi connectivity index (χ3v) is 5.89. The molecule has 2 aromatic heterocycles. The SMILES string of the molecule is NC1CCCN(c2c(F)cccc2NC(=O)c2ncc(-c3ccnc(C4CC4)c3)[nH]2)C1. The number of amides is 1. The number of nitrogens with one attached hydrogen (secondary N) is 2. The number of imidazole rings is 1. The number of carbonyl (C=O) groups is 1. The second-order valence-electron chi connectivity index (χ2n) is 8.33. The van der Waals surface area contributed by atoms with Crippen LogP contribution in [0, 0.1) is 5.82 Å². The van der Waals surface area contributed by atoms with Crippen molar-refractivity contribution in [3.05, 3.63) is 60.1 Å². The first-order valence-corrected chi connectivity index (χ1v) is 10.7. The van der Waals surface area contributed by atoms with Gasteiger partial charge in [0.1, 0.15) is 5.82 Å². The number of carbonyl (C=O) groups excluding carboxylic acids is 1. The lowest BCUT2D eigenvalue weighted by atomic mass is 10.1. The van der Waals surface area contributed by atoms with Crippen molar-refractivity contribution in [1.82, 2.24) is 15.0 Å². The Morgan fingerprint density at radius 1 is 1.23 bits per heavy atom. The van der Waals surface area contributed by atoms with Crippen LogP contribution in [0.3, 0.4) is 0 Å². The van der Waals surface area contributed by atoms with Crippen LogP contribution < -0.4 is 16.0 Å². The van der Waals surface area contributed by atoms with Gasteiger partial charge in [0.15, 0.2) is 5.82 Å². The average molecular weight is 420 g/mol. The number of aromatic amines is 1. The number of hydrogen-bond acceptors (Lipinski definition) is 5. The molecular weight excluding hydrogens is 395 g/mol. The summed E-state index contributed by atoms with van der Waals surface area (Å²) in [6.45, 7) is 1.26. The monoisotopic (exact) mass is 420 g/mol. The third-order valence-electron chi connectivity index (χ3n) is 5.89. The molecule has 31 heavy (non-hydrogen) atoms. The van der Waals surface area contributed by atoms with Crippen LogP contribution in [0.4, 0.5) is 15.8 Å². The van der Waals surface area contributed by atoms with Gasteiger partial charge in [0.25, 0.3) is 5.91 Å². The van der Waals surface area contributed by atoms with E-state index >= 15 is 0 Å². The highest BCUT2D eigenvalue weighted by Gasteiger charge is 2.26. The normalized spacial score (nSPS) is 18.8. The zero-order valence-corrected chi connectivity index (χ0v) is 17.1. The minimum Gasteiger partial charge on any atom is -0.366 e. The maximum absolute atomic E-state index is 14.7. The van der Waals surface area contributed by atoms with Crippen molar-refractivity contribution in [3.8, 4) is 11.3 Å². The summed E-state index contributed by atoms with van der Waals surface area (Å²) in [4.78, 5) is 26.5. The molecule has 4 N–H and O–H groups in total. The molecule has 160 valence electrons. The summed E-state index contributed by atoms with van der Waals surface area (Å²) in [7, 11) is 0. The van der Waals surface area contributed by atoms with Gasteiger partial charge in [0.2, 0.25) is 0 Å². The third kappa shape index (κ3) is 4.16. The van der Waals surface area contributed by atoms with E-state index < -0.39 is 5.91 Å². The van der Waals surface area contributed by atoms with Crippen LogP contribution in [0.25, 0.3) is 11.3 Å². The highest BCUT2D eigenvalue weighted by molar-refractivity contribution is 6.04. The van der Waals surface area contributed by atoms with Gasteiger partial charge in [-0.2, -0.15) is 0 Å². The summed E-state index contributed by atoms with van der Waals surface area (Å²) in [6, 6.07) is 8.61. The Morgan fingerprint density at radius 2 is 2.10 bits per heavy atom. The fourth-order valence-electron chi connectivity index (χ4n) is 4.13. The van der Waals surface area contributed by atoms with Crippen molar-refractivity contribution in [2.45, 2.75) is 37.6 Å². The Balaban J connectivity index is 1.37. The Labute approximate surface area is 179 Å². The minimum absolute atomic E-state index is 0.00886. The molecule has 1 aromatic carbocycles. The standard InChI is InChI=1S/C23H25FN6O/c24-17-4-1-5-18(21(17)30-10-2-3-16(25)13-30)29-23(31)22-27-12-20(28-22)15-8-9-26-19(11-15)14-6-7-14/h1,4-5,8-9,11-12,14,16H,2-3,6-7,10,13,25H2,(H,27,28)(H,29,31). The molecule has 1 amide bonds. The first-order chi connectivity index (χ1) is 15.1. The molecular formula is C23H25FN6O. The van der Waals surface area contributed by atoms with E-state index in [9.17, 15) is 9.18 Å². The van der Waals surface area contributed by atoms with Gasteiger partial charge in [-0.25, -0.2) is 9.37 Å². The highest BCUT2D eigenvalue weighted by atomic mass is 19.1. The van der Waals surface area contributed by atoms with Crippen LogP contribution in [-0.2, 0) is 0 Å². The van der Waals surface area contributed by atoms with Gasteiger partial charge in [0, 0.05) is 42.5 Å². The Hall–Kier alpha value is -3.26. The number of H-pyrrole nitrogens is 1. The quantitative estimate of drug-likeness (QED) is 0.585. The average Bonchev–Trinajstić information content (AvgIpc) is 3.50. The fraction of sp³-hybridized carbons (Fsp3) is 0.348. The van der Waals surface area contributed by atoms with Gasteiger partial charge in [0.05, 0.1) is 23.3 Å². The topological polar surface area (TPSA) is 99.9 Å². The van der Waals surface area contributed by atoms with E-state index in [4.69, 9.17) is 5.73 Å². The molecule has 1 aliphatic carbocycles. The van der Waals surface area contributed by atoms with Gasteiger partial charge in [-0.05, 0) is 49.9 Å². The zero-order valence-electron chi connectivity index (χ0n) is 17.1. The lowest BCUT2D eigenvalue weighted by Crippen LogP contribution is -2.43. The maximum Gasteiger partial charge on any atom is 0.291 e.